The molecule has 1 aromatic carbocycles. The topological polar surface area (TPSA) is 20.2 Å². The van der Waals surface area contributed by atoms with Crippen LogP contribution in [0.1, 0.15) is 18.1 Å². The highest BCUT2D eigenvalue weighted by Crippen LogP contribution is 2.13. The Morgan fingerprint density at radius 1 is 1.21 bits per heavy atom. The minimum atomic E-state index is 0.131. The molecule has 0 bridgehead atoms. The van der Waals surface area contributed by atoms with Gasteiger partial charge in [0.1, 0.15) is 0 Å². The van der Waals surface area contributed by atoms with Gasteiger partial charge in [-0.25, -0.2) is 0 Å². The van der Waals surface area contributed by atoms with Gasteiger partial charge in [0, 0.05) is 11.5 Å². The third-order valence-corrected chi connectivity index (χ3v) is 2.89. The fourth-order valence-electron chi connectivity index (χ4n) is 1.08. The van der Waals surface area contributed by atoms with E-state index in [0.717, 1.165) is 17.1 Å². The minimum absolute atomic E-state index is 0.131. The summed E-state index contributed by atoms with van der Waals surface area (Å²) in [5.74, 6) is 2.11. The average molecular weight is 208 g/mol. The van der Waals surface area contributed by atoms with Crippen molar-refractivity contribution in [3.63, 3.8) is 0 Å². The molecule has 1 rings (SSSR count). The highest BCUT2D eigenvalue weighted by molar-refractivity contribution is 7.98. The van der Waals surface area contributed by atoms with E-state index >= 15 is 0 Å². The molecule has 1 aromatic rings. The number of rotatable bonds is 5. The van der Waals surface area contributed by atoms with Crippen LogP contribution in [0.2, 0.25) is 0 Å². The zero-order valence-electron chi connectivity index (χ0n) is 8.44. The fraction of sp³-hybridized carbons (Fsp3) is 0.333. The normalized spacial score (nSPS) is 11.0. The van der Waals surface area contributed by atoms with Gasteiger partial charge < -0.3 is 5.11 Å². The lowest BCUT2D eigenvalue weighted by atomic mass is 10.2. The van der Waals surface area contributed by atoms with Crippen molar-refractivity contribution in [2.75, 3.05) is 5.75 Å². The number of benzene rings is 1. The van der Waals surface area contributed by atoms with Gasteiger partial charge in [-0.1, -0.05) is 36.4 Å². The highest BCUT2D eigenvalue weighted by Gasteiger charge is 1.93. The largest absolute Gasteiger partial charge is 0.392 e. The molecule has 0 radical (unpaired) electrons. The van der Waals surface area contributed by atoms with Gasteiger partial charge in [-0.15, -0.1) is 0 Å². The summed E-state index contributed by atoms with van der Waals surface area (Å²) in [4.78, 5) is 0. The van der Waals surface area contributed by atoms with Crippen LogP contribution in [0.15, 0.2) is 36.4 Å². The second kappa shape index (κ2) is 6.68. The Hall–Kier alpha value is -0.730. The average Bonchev–Trinajstić information content (AvgIpc) is 2.25. The van der Waals surface area contributed by atoms with E-state index in [2.05, 4.69) is 24.3 Å². The number of hydrogen-bond acceptors (Lipinski definition) is 2. The Morgan fingerprint density at radius 3 is 2.43 bits per heavy atom. The van der Waals surface area contributed by atoms with Crippen LogP contribution in [-0.4, -0.2) is 10.9 Å². The molecule has 0 heterocycles. The summed E-state index contributed by atoms with van der Waals surface area (Å²) in [5.41, 5.74) is 2.30. The second-order valence-corrected chi connectivity index (χ2v) is 4.09. The van der Waals surface area contributed by atoms with Crippen LogP contribution in [-0.2, 0) is 12.4 Å². The molecule has 14 heavy (non-hydrogen) atoms. The van der Waals surface area contributed by atoms with E-state index in [9.17, 15) is 0 Å². The highest BCUT2D eigenvalue weighted by atomic mass is 32.2. The van der Waals surface area contributed by atoms with E-state index in [4.69, 9.17) is 5.11 Å². The predicted molar refractivity (Wildman–Crippen MR) is 63.3 cm³/mol. The zero-order chi connectivity index (χ0) is 10.2. The van der Waals surface area contributed by atoms with Gasteiger partial charge in [-0.05, 0) is 18.1 Å². The molecule has 0 amide bonds. The number of aliphatic hydroxyl groups is 1. The monoisotopic (exact) mass is 208 g/mol. The van der Waals surface area contributed by atoms with Gasteiger partial charge in [-0.3, -0.25) is 0 Å². The fourth-order valence-corrected chi connectivity index (χ4v) is 1.96. The first-order chi connectivity index (χ1) is 6.86. The smallest absolute Gasteiger partial charge is 0.0681 e. The lowest BCUT2D eigenvalue weighted by Gasteiger charge is -2.00. The van der Waals surface area contributed by atoms with Gasteiger partial charge in [-0.2, -0.15) is 11.8 Å². The van der Waals surface area contributed by atoms with Crippen molar-refractivity contribution in [1.82, 2.24) is 0 Å². The van der Waals surface area contributed by atoms with E-state index in [0.29, 0.717) is 0 Å². The van der Waals surface area contributed by atoms with Crippen molar-refractivity contribution in [2.45, 2.75) is 19.3 Å². The Morgan fingerprint density at radius 2 is 1.86 bits per heavy atom. The van der Waals surface area contributed by atoms with E-state index < -0.39 is 0 Å². The molecule has 0 saturated carbocycles. The van der Waals surface area contributed by atoms with Crippen molar-refractivity contribution in [3.05, 3.63) is 47.5 Å². The van der Waals surface area contributed by atoms with Crippen molar-refractivity contribution < 1.29 is 5.11 Å². The molecule has 0 atom stereocenters. The van der Waals surface area contributed by atoms with E-state index in [1.165, 1.54) is 5.56 Å². The molecular weight excluding hydrogens is 192 g/mol. The van der Waals surface area contributed by atoms with Crippen LogP contribution in [0.4, 0.5) is 0 Å². The SMILES string of the molecule is C/C=C/CSCc1ccc(CO)cc1. The maximum absolute atomic E-state index is 8.86. The molecule has 2 heteroatoms. The molecular formula is C12H16OS. The second-order valence-electron chi connectivity index (χ2n) is 3.06. The maximum Gasteiger partial charge on any atom is 0.0681 e. The number of thioether (sulfide) groups is 1. The summed E-state index contributed by atoms with van der Waals surface area (Å²) in [6.07, 6.45) is 4.23. The van der Waals surface area contributed by atoms with Crippen LogP contribution in [0.5, 0.6) is 0 Å². The summed E-state index contributed by atoms with van der Waals surface area (Å²) in [6, 6.07) is 8.11. The number of aliphatic hydroxyl groups excluding tert-OH is 1. The zero-order valence-corrected chi connectivity index (χ0v) is 9.26. The lowest BCUT2D eigenvalue weighted by molar-refractivity contribution is 0.282. The van der Waals surface area contributed by atoms with Gasteiger partial charge in [0.05, 0.1) is 6.61 Å². The molecule has 0 aromatic heterocycles. The van der Waals surface area contributed by atoms with Crippen LogP contribution in [0.25, 0.3) is 0 Å². The number of hydrogen-bond donors (Lipinski definition) is 1. The summed E-state index contributed by atoms with van der Waals surface area (Å²) in [5, 5.41) is 8.86. The van der Waals surface area contributed by atoms with Crippen molar-refractivity contribution in [3.8, 4) is 0 Å². The molecule has 0 aliphatic heterocycles. The maximum atomic E-state index is 8.86. The van der Waals surface area contributed by atoms with Crippen molar-refractivity contribution >= 4 is 11.8 Å². The van der Waals surface area contributed by atoms with Crippen molar-refractivity contribution in [2.24, 2.45) is 0 Å². The Balaban J connectivity index is 2.36. The van der Waals surface area contributed by atoms with Gasteiger partial charge in [0.15, 0.2) is 0 Å². The van der Waals surface area contributed by atoms with Crippen LogP contribution < -0.4 is 0 Å². The number of allylic oxidation sites excluding steroid dienone is 1. The summed E-state index contributed by atoms with van der Waals surface area (Å²) in [7, 11) is 0. The Labute approximate surface area is 89.8 Å². The minimum Gasteiger partial charge on any atom is -0.392 e. The summed E-state index contributed by atoms with van der Waals surface area (Å²) < 4.78 is 0. The first kappa shape index (κ1) is 11.3. The molecule has 0 fully saturated rings. The van der Waals surface area contributed by atoms with Crippen molar-refractivity contribution in [1.29, 1.82) is 0 Å². The van der Waals surface area contributed by atoms with Gasteiger partial charge >= 0.3 is 0 Å². The third-order valence-electron chi connectivity index (χ3n) is 1.92. The molecule has 1 N–H and O–H groups in total. The summed E-state index contributed by atoms with van der Waals surface area (Å²) >= 11 is 1.90. The van der Waals surface area contributed by atoms with E-state index in [-0.39, 0.29) is 6.61 Å². The first-order valence-corrected chi connectivity index (χ1v) is 5.90. The van der Waals surface area contributed by atoms with Gasteiger partial charge in [0.2, 0.25) is 0 Å². The molecule has 0 aliphatic carbocycles. The van der Waals surface area contributed by atoms with E-state index in [1.54, 1.807) is 0 Å². The molecule has 0 aliphatic rings. The standard InChI is InChI=1S/C12H16OS/c1-2-3-8-14-10-12-6-4-11(9-13)5-7-12/h2-7,13H,8-10H2,1H3/b3-2+. The van der Waals surface area contributed by atoms with Gasteiger partial charge in [0.25, 0.3) is 0 Å². The Bertz CT molecular complexity index is 277. The molecule has 76 valence electrons. The quantitative estimate of drug-likeness (QED) is 0.593. The first-order valence-electron chi connectivity index (χ1n) is 4.74. The van der Waals surface area contributed by atoms with Crippen LogP contribution in [0.3, 0.4) is 0 Å². The van der Waals surface area contributed by atoms with Crippen LogP contribution in [0, 0.1) is 0 Å². The Kier molecular flexibility index (Phi) is 5.42. The molecule has 0 spiro atoms. The molecule has 1 nitrogen and oxygen atoms in total. The summed E-state index contributed by atoms with van der Waals surface area (Å²) in [6.45, 7) is 2.17. The van der Waals surface area contributed by atoms with Crippen LogP contribution >= 0.6 is 11.8 Å². The third kappa shape index (κ3) is 3.99. The van der Waals surface area contributed by atoms with E-state index in [1.807, 2.05) is 30.8 Å². The molecule has 0 unspecified atom stereocenters. The molecule has 0 saturated heterocycles. The predicted octanol–water partition coefficient (Wildman–Crippen LogP) is 2.99. The lowest BCUT2D eigenvalue weighted by Crippen LogP contribution is -1.85.